The van der Waals surface area contributed by atoms with Gasteiger partial charge in [0, 0.05) is 21.1 Å². The van der Waals surface area contributed by atoms with E-state index >= 15 is 0 Å². The molecule has 0 unspecified atom stereocenters. The van der Waals surface area contributed by atoms with Crippen molar-refractivity contribution >= 4 is 56.3 Å². The van der Waals surface area contributed by atoms with Crippen LogP contribution < -0.4 is 10.2 Å². The fourth-order valence-corrected chi connectivity index (χ4v) is 4.38. The molecule has 0 saturated carbocycles. The van der Waals surface area contributed by atoms with E-state index in [1.807, 2.05) is 61.0 Å². The van der Waals surface area contributed by atoms with Crippen LogP contribution in [0.5, 0.6) is 0 Å². The SMILES string of the molecule is Cc1nn(-c2cccc3ccccc23)c(C)c1/C=C1\C(=O)NC(=O)N(c2ccc(Br)cc2)C1=O. The molecule has 3 aromatic carbocycles. The first-order valence-electron chi connectivity index (χ1n) is 10.6. The monoisotopic (exact) mass is 514 g/mol. The number of aryl methyl sites for hydroxylation is 1. The van der Waals surface area contributed by atoms with Crippen molar-refractivity contribution in [2.45, 2.75) is 13.8 Å². The second-order valence-corrected chi connectivity index (χ2v) is 8.84. The highest BCUT2D eigenvalue weighted by Gasteiger charge is 2.37. The maximum absolute atomic E-state index is 13.2. The molecule has 168 valence electrons. The first-order chi connectivity index (χ1) is 16.3. The summed E-state index contributed by atoms with van der Waals surface area (Å²) in [7, 11) is 0. The molecule has 1 saturated heterocycles. The van der Waals surface area contributed by atoms with Crippen molar-refractivity contribution in [2.24, 2.45) is 0 Å². The standard InChI is InChI=1S/C26H19BrN4O3/c1-15-21(16(2)31(29-15)23-9-5-7-17-6-3-4-8-20(17)23)14-22-24(32)28-26(34)30(25(22)33)19-12-10-18(27)11-13-19/h3-14H,1-2H3,(H,28,32,34)/b22-14+. The minimum Gasteiger partial charge on any atom is -0.273 e. The van der Waals surface area contributed by atoms with Crippen molar-refractivity contribution in [3.63, 3.8) is 0 Å². The zero-order valence-corrected chi connectivity index (χ0v) is 20.0. The average molecular weight is 515 g/mol. The normalized spacial score (nSPS) is 15.3. The van der Waals surface area contributed by atoms with Crippen LogP contribution in [0, 0.1) is 13.8 Å². The molecular weight excluding hydrogens is 496 g/mol. The molecule has 1 aliphatic heterocycles. The predicted molar refractivity (Wildman–Crippen MR) is 134 cm³/mol. The lowest BCUT2D eigenvalue weighted by atomic mass is 10.1. The Labute approximate surface area is 203 Å². The van der Waals surface area contributed by atoms with Gasteiger partial charge in [-0.15, -0.1) is 0 Å². The fourth-order valence-electron chi connectivity index (χ4n) is 4.12. The van der Waals surface area contributed by atoms with Gasteiger partial charge < -0.3 is 0 Å². The van der Waals surface area contributed by atoms with E-state index in [9.17, 15) is 14.4 Å². The molecule has 7 nitrogen and oxygen atoms in total. The van der Waals surface area contributed by atoms with E-state index < -0.39 is 17.8 Å². The number of carbonyl (C=O) groups excluding carboxylic acids is 3. The van der Waals surface area contributed by atoms with Crippen molar-refractivity contribution in [3.8, 4) is 5.69 Å². The summed E-state index contributed by atoms with van der Waals surface area (Å²) in [6, 6.07) is 19.9. The maximum Gasteiger partial charge on any atom is 0.335 e. The highest BCUT2D eigenvalue weighted by molar-refractivity contribution is 9.10. The van der Waals surface area contributed by atoms with E-state index in [0.717, 1.165) is 31.5 Å². The Kier molecular flexibility index (Phi) is 5.37. The van der Waals surface area contributed by atoms with Crippen LogP contribution in [-0.2, 0) is 9.59 Å². The number of anilines is 1. The first-order valence-corrected chi connectivity index (χ1v) is 11.4. The second-order valence-electron chi connectivity index (χ2n) is 7.93. The third kappa shape index (κ3) is 3.62. The summed E-state index contributed by atoms with van der Waals surface area (Å²) in [6.45, 7) is 3.71. The quantitative estimate of drug-likeness (QED) is 0.305. The zero-order valence-electron chi connectivity index (χ0n) is 18.4. The van der Waals surface area contributed by atoms with Gasteiger partial charge in [0.2, 0.25) is 0 Å². The van der Waals surface area contributed by atoms with Gasteiger partial charge >= 0.3 is 6.03 Å². The van der Waals surface area contributed by atoms with Crippen LogP contribution in [0.1, 0.15) is 17.0 Å². The average Bonchev–Trinajstić information content (AvgIpc) is 3.10. The summed E-state index contributed by atoms with van der Waals surface area (Å²) < 4.78 is 2.62. The van der Waals surface area contributed by atoms with E-state index in [1.54, 1.807) is 24.3 Å². The number of nitrogens with one attached hydrogen (secondary N) is 1. The lowest BCUT2D eigenvalue weighted by Gasteiger charge is -2.26. The number of barbiturate groups is 1. The van der Waals surface area contributed by atoms with Crippen molar-refractivity contribution in [1.82, 2.24) is 15.1 Å². The van der Waals surface area contributed by atoms with Crippen LogP contribution in [0.2, 0.25) is 0 Å². The number of fused-ring (bicyclic) bond motifs is 1. The van der Waals surface area contributed by atoms with Gasteiger partial charge in [-0.3, -0.25) is 14.9 Å². The Morgan fingerprint density at radius 2 is 1.62 bits per heavy atom. The number of amides is 4. The van der Waals surface area contributed by atoms with Crippen LogP contribution in [0.15, 0.2) is 76.8 Å². The molecule has 1 aliphatic rings. The zero-order chi connectivity index (χ0) is 24.0. The van der Waals surface area contributed by atoms with E-state index in [-0.39, 0.29) is 5.57 Å². The van der Waals surface area contributed by atoms with E-state index in [2.05, 4.69) is 21.2 Å². The van der Waals surface area contributed by atoms with Gasteiger partial charge in [0.25, 0.3) is 11.8 Å². The van der Waals surface area contributed by atoms with Crippen LogP contribution in [0.3, 0.4) is 0 Å². The van der Waals surface area contributed by atoms with E-state index in [1.165, 1.54) is 6.08 Å². The van der Waals surface area contributed by atoms with Crippen LogP contribution in [0.4, 0.5) is 10.5 Å². The predicted octanol–water partition coefficient (Wildman–Crippen LogP) is 5.07. The summed E-state index contributed by atoms with van der Waals surface area (Å²) in [4.78, 5) is 39.3. The summed E-state index contributed by atoms with van der Waals surface area (Å²) >= 11 is 3.34. The van der Waals surface area contributed by atoms with Crippen molar-refractivity contribution in [1.29, 1.82) is 0 Å². The molecule has 0 spiro atoms. The minimum absolute atomic E-state index is 0.133. The molecule has 1 fully saturated rings. The second kappa shape index (κ2) is 8.39. The minimum atomic E-state index is -0.783. The topological polar surface area (TPSA) is 84.3 Å². The van der Waals surface area contributed by atoms with Crippen molar-refractivity contribution < 1.29 is 14.4 Å². The lowest BCUT2D eigenvalue weighted by molar-refractivity contribution is -0.122. The molecule has 0 aliphatic carbocycles. The molecule has 8 heteroatoms. The fraction of sp³-hybridized carbons (Fsp3) is 0.0769. The van der Waals surface area contributed by atoms with E-state index in [4.69, 9.17) is 5.10 Å². The number of hydrogen-bond donors (Lipinski definition) is 1. The Morgan fingerprint density at radius 1 is 0.912 bits per heavy atom. The van der Waals surface area contributed by atoms with Gasteiger partial charge in [0.1, 0.15) is 5.57 Å². The van der Waals surface area contributed by atoms with E-state index in [0.29, 0.717) is 16.9 Å². The molecule has 4 amide bonds. The molecule has 0 atom stereocenters. The number of rotatable bonds is 3. The number of urea groups is 1. The number of hydrogen-bond acceptors (Lipinski definition) is 4. The smallest absolute Gasteiger partial charge is 0.273 e. The van der Waals surface area contributed by atoms with Gasteiger partial charge in [-0.25, -0.2) is 14.4 Å². The van der Waals surface area contributed by atoms with Gasteiger partial charge in [-0.1, -0.05) is 52.3 Å². The summed E-state index contributed by atoms with van der Waals surface area (Å²) in [6.07, 6.45) is 1.51. The number of imide groups is 2. The van der Waals surface area contributed by atoms with Crippen LogP contribution >= 0.6 is 15.9 Å². The molecule has 1 N–H and O–H groups in total. The Morgan fingerprint density at radius 3 is 2.38 bits per heavy atom. The summed E-state index contributed by atoms with van der Waals surface area (Å²) in [5.41, 5.74) is 3.21. The number of nitrogens with zero attached hydrogens (tertiary/aromatic N) is 3. The summed E-state index contributed by atoms with van der Waals surface area (Å²) in [5, 5.41) is 9.07. The third-order valence-electron chi connectivity index (χ3n) is 5.82. The van der Waals surface area contributed by atoms with Crippen LogP contribution in [0.25, 0.3) is 22.5 Å². The van der Waals surface area contributed by atoms with Gasteiger partial charge in [0.05, 0.1) is 17.1 Å². The molecule has 2 heterocycles. The Hall–Kier alpha value is -4.04. The van der Waals surface area contributed by atoms with Crippen molar-refractivity contribution in [3.05, 3.63) is 93.7 Å². The lowest BCUT2D eigenvalue weighted by Crippen LogP contribution is -2.54. The molecule has 0 bridgehead atoms. The molecule has 0 radical (unpaired) electrons. The van der Waals surface area contributed by atoms with Crippen molar-refractivity contribution in [2.75, 3.05) is 4.90 Å². The highest BCUT2D eigenvalue weighted by atomic mass is 79.9. The Bertz CT molecular complexity index is 1510. The van der Waals surface area contributed by atoms with Gasteiger partial charge in [-0.2, -0.15) is 5.10 Å². The molecule has 4 aromatic rings. The largest absolute Gasteiger partial charge is 0.335 e. The molecule has 5 rings (SSSR count). The first kappa shape index (κ1) is 21.8. The number of halogens is 1. The van der Waals surface area contributed by atoms with Gasteiger partial charge in [0.15, 0.2) is 0 Å². The third-order valence-corrected chi connectivity index (χ3v) is 6.35. The maximum atomic E-state index is 13.2. The Balaban J connectivity index is 1.60. The van der Waals surface area contributed by atoms with Gasteiger partial charge in [-0.05, 0) is 55.6 Å². The molecule has 34 heavy (non-hydrogen) atoms. The number of carbonyl (C=O) groups is 3. The number of benzene rings is 3. The summed E-state index contributed by atoms with van der Waals surface area (Å²) in [5.74, 6) is -1.42. The van der Waals surface area contributed by atoms with Crippen LogP contribution in [-0.4, -0.2) is 27.6 Å². The highest BCUT2D eigenvalue weighted by Crippen LogP contribution is 2.28. The molecule has 1 aromatic heterocycles. The molecular formula is C26H19BrN4O3. The number of aromatic nitrogens is 2.